The van der Waals surface area contributed by atoms with Gasteiger partial charge in [-0.3, -0.25) is 0 Å². The Morgan fingerprint density at radius 2 is 0.724 bits per heavy atom. The smallest absolute Gasteiger partial charge is 0.457 e. The Morgan fingerprint density at radius 3 is 0.862 bits per heavy atom. The number of alkyl halides is 17. The van der Waals surface area contributed by atoms with Gasteiger partial charge < -0.3 is 4.55 Å². The van der Waals surface area contributed by atoms with Gasteiger partial charge in [0.2, 0.25) is 0 Å². The van der Waals surface area contributed by atoms with Gasteiger partial charge in [-0.05, 0) is 0 Å². The first-order chi connectivity index (χ1) is 12.0. The molecule has 0 bridgehead atoms. The van der Waals surface area contributed by atoms with E-state index in [1.165, 1.54) is 0 Å². The first-order valence-corrected chi connectivity index (χ1v) is 7.08. The van der Waals surface area contributed by atoms with Crippen LogP contribution in [0.15, 0.2) is 0 Å². The normalized spacial score (nSPS) is 20.2. The van der Waals surface area contributed by atoms with Gasteiger partial charge in [0, 0.05) is 0 Å². The fraction of sp³-hybridized carbons (Fsp3) is 1.00. The first kappa shape index (κ1) is 27.7. The second-order valence-electron chi connectivity index (χ2n) is 4.93. The van der Waals surface area contributed by atoms with Crippen LogP contribution >= 0.6 is 0 Å². The largest absolute Gasteiger partial charge is 0.747 e. The Labute approximate surface area is 146 Å². The van der Waals surface area contributed by atoms with Crippen molar-refractivity contribution in [2.75, 3.05) is 0 Å². The molecule has 0 aliphatic heterocycles. The molecule has 0 amide bonds. The van der Waals surface area contributed by atoms with Gasteiger partial charge in [0.25, 0.3) is 4.75 Å². The highest BCUT2D eigenvalue weighted by Crippen LogP contribution is 2.69. The third-order valence-corrected chi connectivity index (χ3v) is 4.76. The average Bonchev–Trinajstić information content (AvgIpc) is 2.30. The highest BCUT2D eigenvalue weighted by atomic mass is 32.2. The maximum absolute atomic E-state index is 14.0. The minimum atomic E-state index is -9.43. The van der Waals surface area contributed by atoms with Gasteiger partial charge in [-0.15, -0.1) is 0 Å². The summed E-state index contributed by atoms with van der Waals surface area (Å²) in [6.45, 7) is 0. The number of hydrogen-bond acceptors (Lipinski definition) is 3. The lowest BCUT2D eigenvalue weighted by Gasteiger charge is -2.52. The van der Waals surface area contributed by atoms with E-state index < -0.39 is 57.1 Å². The molecule has 0 N–H and O–H groups in total. The second kappa shape index (κ2) is 6.36. The molecule has 0 aliphatic carbocycles. The average molecular weight is 499 g/mol. The van der Waals surface area contributed by atoms with E-state index in [-0.39, 0.29) is 0 Å². The van der Waals surface area contributed by atoms with Gasteiger partial charge in [0.1, 0.15) is 10.1 Å². The van der Waals surface area contributed by atoms with Gasteiger partial charge in [-0.1, -0.05) is 0 Å². The van der Waals surface area contributed by atoms with Crippen LogP contribution in [0.3, 0.4) is 0 Å². The quantitative estimate of drug-likeness (QED) is 0.423. The summed E-state index contributed by atoms with van der Waals surface area (Å²) in [7, 11) is -9.43. The van der Waals surface area contributed by atoms with E-state index in [0.29, 0.717) is 0 Å². The predicted octanol–water partition coefficient (Wildman–Crippen LogP) is 4.50. The van der Waals surface area contributed by atoms with Crippen LogP contribution in [-0.2, 0) is 10.1 Å². The van der Waals surface area contributed by atoms with E-state index >= 15 is 0 Å². The Hall–Kier alpha value is -1.28. The van der Waals surface area contributed by atoms with Gasteiger partial charge in [-0.2, -0.15) is 70.2 Å². The molecule has 2 atom stereocenters. The number of rotatable bonds is 4. The molecular weight excluding hydrogens is 499 g/mol. The minimum Gasteiger partial charge on any atom is -0.747 e. The molecule has 0 spiro atoms. The van der Waals surface area contributed by atoms with Crippen LogP contribution in [0.25, 0.3) is 0 Å². The van der Waals surface area contributed by atoms with Crippen molar-refractivity contribution in [3.8, 4) is 0 Å². The standard InChI is InChI=1S/C8HF17O3S/c9-1(5(14,15)16,3(10,11)7(20,21)22)2(6(17,18)19,29(26,27)28)4(12,13)8(23,24)25/h(H,26,27,28)/p-1. The molecule has 0 saturated carbocycles. The van der Waals surface area contributed by atoms with Crippen molar-refractivity contribution in [2.45, 2.75) is 47.0 Å². The third-order valence-electron chi connectivity index (χ3n) is 3.24. The molecule has 0 fully saturated rings. The van der Waals surface area contributed by atoms with E-state index in [1.54, 1.807) is 0 Å². The summed E-state index contributed by atoms with van der Waals surface area (Å²) in [6.07, 6.45) is -34.4. The second-order valence-corrected chi connectivity index (χ2v) is 6.45. The highest BCUT2D eigenvalue weighted by molar-refractivity contribution is 7.87. The molecule has 21 heteroatoms. The minimum absolute atomic E-state index is 8.36. The Morgan fingerprint density at radius 1 is 0.448 bits per heavy atom. The summed E-state index contributed by atoms with van der Waals surface area (Å²) >= 11 is 0. The fourth-order valence-corrected chi connectivity index (χ4v) is 3.36. The molecule has 0 aliphatic rings. The molecule has 0 aromatic rings. The molecule has 0 heterocycles. The lowest BCUT2D eigenvalue weighted by molar-refractivity contribution is -0.440. The number of hydrogen-bond donors (Lipinski definition) is 0. The van der Waals surface area contributed by atoms with Crippen LogP contribution in [0.5, 0.6) is 0 Å². The maximum atomic E-state index is 14.0. The summed E-state index contributed by atoms with van der Waals surface area (Å²) in [5, 5.41) is 0. The van der Waals surface area contributed by atoms with Crippen molar-refractivity contribution < 1.29 is 87.6 Å². The first-order valence-electron chi connectivity index (χ1n) is 5.67. The fourth-order valence-electron chi connectivity index (χ4n) is 2.05. The van der Waals surface area contributed by atoms with Crippen molar-refractivity contribution in [1.29, 1.82) is 0 Å². The van der Waals surface area contributed by atoms with Gasteiger partial charge in [0.15, 0.2) is 0 Å². The van der Waals surface area contributed by atoms with E-state index in [0.717, 1.165) is 0 Å². The monoisotopic (exact) mass is 499 g/mol. The van der Waals surface area contributed by atoms with Crippen molar-refractivity contribution >= 4 is 10.1 Å². The molecule has 176 valence electrons. The van der Waals surface area contributed by atoms with Crippen LogP contribution in [0.4, 0.5) is 74.6 Å². The van der Waals surface area contributed by atoms with Crippen molar-refractivity contribution in [1.82, 2.24) is 0 Å². The lowest BCUT2D eigenvalue weighted by atomic mass is 9.76. The Bertz CT molecular complexity index is 724. The summed E-state index contributed by atoms with van der Waals surface area (Å²) in [6, 6.07) is 0. The predicted molar refractivity (Wildman–Crippen MR) is 50.4 cm³/mol. The van der Waals surface area contributed by atoms with E-state index in [1.807, 2.05) is 0 Å². The summed E-state index contributed by atoms with van der Waals surface area (Å²) in [4.78, 5) is 0. The van der Waals surface area contributed by atoms with Crippen molar-refractivity contribution in [3.63, 3.8) is 0 Å². The Balaban J connectivity index is 8.38. The highest BCUT2D eigenvalue weighted by Gasteiger charge is 3.02. The van der Waals surface area contributed by atoms with Gasteiger partial charge in [-0.25, -0.2) is 12.8 Å². The van der Waals surface area contributed by atoms with Crippen molar-refractivity contribution in [3.05, 3.63) is 0 Å². The van der Waals surface area contributed by atoms with E-state index in [4.69, 9.17) is 0 Å². The summed E-state index contributed by atoms with van der Waals surface area (Å²) in [5.41, 5.74) is -9.41. The topological polar surface area (TPSA) is 57.2 Å². The molecule has 0 saturated heterocycles. The van der Waals surface area contributed by atoms with Crippen LogP contribution in [0.1, 0.15) is 0 Å². The van der Waals surface area contributed by atoms with Crippen molar-refractivity contribution in [2.24, 2.45) is 0 Å². The zero-order valence-corrected chi connectivity index (χ0v) is 12.9. The maximum Gasteiger partial charge on any atom is 0.457 e. The van der Waals surface area contributed by atoms with Crippen LogP contribution in [0, 0.1) is 0 Å². The molecule has 3 nitrogen and oxygen atoms in total. The third kappa shape index (κ3) is 3.26. The molecular formula is C8F17O3S-. The van der Waals surface area contributed by atoms with E-state index in [2.05, 4.69) is 0 Å². The molecule has 0 aromatic heterocycles. The molecule has 29 heavy (non-hydrogen) atoms. The molecule has 0 radical (unpaired) electrons. The Kier molecular flexibility index (Phi) is 6.08. The van der Waals surface area contributed by atoms with Gasteiger partial charge in [0.05, 0.1) is 0 Å². The molecule has 0 rings (SSSR count). The molecule has 0 aromatic carbocycles. The molecule has 2 unspecified atom stereocenters. The van der Waals surface area contributed by atoms with Crippen LogP contribution in [0.2, 0.25) is 0 Å². The summed E-state index contributed by atoms with van der Waals surface area (Å²) < 4.78 is 239. The van der Waals surface area contributed by atoms with Gasteiger partial charge >= 0.3 is 42.2 Å². The summed E-state index contributed by atoms with van der Waals surface area (Å²) in [5.74, 6) is -18.0. The van der Waals surface area contributed by atoms with Crippen LogP contribution < -0.4 is 0 Å². The van der Waals surface area contributed by atoms with E-state index in [9.17, 15) is 87.6 Å². The van der Waals surface area contributed by atoms with Crippen LogP contribution in [-0.4, -0.2) is 59.9 Å². The SMILES string of the molecule is O=S(=O)([O-])C(C(F)(F)F)(C(F)(F)C(F)(F)F)C(F)(C(F)(F)F)C(F)(F)C(F)(F)F. The zero-order chi connectivity index (χ0) is 24.5. The zero-order valence-electron chi connectivity index (χ0n) is 12.1. The number of halogens is 17. The lowest BCUT2D eigenvalue weighted by Crippen LogP contribution is -2.86.